The van der Waals surface area contributed by atoms with Crippen LogP contribution in [-0.2, 0) is 14.3 Å². The van der Waals surface area contributed by atoms with Crippen molar-refractivity contribution < 1.29 is 24.5 Å². The van der Waals surface area contributed by atoms with Gasteiger partial charge in [0.2, 0.25) is 0 Å². The number of hydrogen-bond acceptors (Lipinski definition) is 4. The monoisotopic (exact) mass is 735 g/mol. The van der Waals surface area contributed by atoms with Gasteiger partial charge in [0.25, 0.3) is 0 Å². The van der Waals surface area contributed by atoms with Crippen molar-refractivity contribution in [1.82, 2.24) is 0 Å². The fourth-order valence-corrected chi connectivity index (χ4v) is 17.9. The maximum absolute atomic E-state index is 13.5. The van der Waals surface area contributed by atoms with Gasteiger partial charge in [-0.2, -0.15) is 0 Å². The average Bonchev–Trinajstić information content (AvgIpc) is 3.67. The zero-order valence-electron chi connectivity index (χ0n) is 34.8. The molecule has 8 saturated carbocycles. The van der Waals surface area contributed by atoms with Crippen LogP contribution in [0.4, 0.5) is 0 Å². The van der Waals surface area contributed by atoms with Gasteiger partial charge in [-0.1, -0.05) is 54.4 Å². The molecule has 0 aliphatic heterocycles. The first-order valence-corrected chi connectivity index (χ1v) is 23.3. The highest BCUT2D eigenvalue weighted by molar-refractivity contribution is 5.69. The van der Waals surface area contributed by atoms with Crippen molar-refractivity contribution in [2.24, 2.45) is 92.7 Å². The second-order valence-electron chi connectivity index (χ2n) is 22.5. The number of carboxylic acid groups (broad SMARTS) is 1. The topological polar surface area (TPSA) is 83.8 Å². The Morgan fingerprint density at radius 2 is 1.21 bits per heavy atom. The van der Waals surface area contributed by atoms with E-state index in [4.69, 9.17) is 4.74 Å². The molecule has 8 aliphatic carbocycles. The highest BCUT2D eigenvalue weighted by atomic mass is 16.5. The molecular formula is C48H78O5. The van der Waals surface area contributed by atoms with Crippen molar-refractivity contribution in [2.75, 3.05) is 0 Å². The van der Waals surface area contributed by atoms with Gasteiger partial charge in [0, 0.05) is 12.8 Å². The van der Waals surface area contributed by atoms with Crippen molar-refractivity contribution in [1.29, 1.82) is 0 Å². The number of carboxylic acids is 1. The lowest BCUT2D eigenvalue weighted by atomic mass is 9.43. The molecule has 8 fully saturated rings. The summed E-state index contributed by atoms with van der Waals surface area (Å²) in [7, 11) is 0. The van der Waals surface area contributed by atoms with E-state index in [1.807, 2.05) is 0 Å². The van der Waals surface area contributed by atoms with Crippen LogP contribution < -0.4 is 0 Å². The van der Waals surface area contributed by atoms with Gasteiger partial charge in [0.15, 0.2) is 0 Å². The molecule has 8 aliphatic rings. The Morgan fingerprint density at radius 1 is 0.623 bits per heavy atom. The number of fused-ring (bicyclic) bond motifs is 10. The molecular weight excluding hydrogens is 657 g/mol. The van der Waals surface area contributed by atoms with E-state index in [-0.39, 0.29) is 35.4 Å². The molecule has 15 unspecified atom stereocenters. The summed E-state index contributed by atoms with van der Waals surface area (Å²) in [6, 6.07) is 0. The Kier molecular flexibility index (Phi) is 10.5. The number of rotatable bonds is 9. The first-order chi connectivity index (χ1) is 25.2. The third-order valence-corrected chi connectivity index (χ3v) is 20.7. The van der Waals surface area contributed by atoms with Gasteiger partial charge in [-0.15, -0.1) is 0 Å². The van der Waals surface area contributed by atoms with E-state index in [9.17, 15) is 19.8 Å². The number of hydrogen-bond donors (Lipinski definition) is 2. The van der Waals surface area contributed by atoms with Gasteiger partial charge in [-0.3, -0.25) is 9.59 Å². The van der Waals surface area contributed by atoms with Crippen molar-refractivity contribution in [3.05, 3.63) is 0 Å². The average molecular weight is 735 g/mol. The first kappa shape index (κ1) is 38.8. The van der Waals surface area contributed by atoms with E-state index in [1.54, 1.807) is 0 Å². The summed E-state index contributed by atoms with van der Waals surface area (Å²) in [5.74, 6) is 7.23. The minimum atomic E-state index is -0.684. The highest BCUT2D eigenvalue weighted by Crippen LogP contribution is 2.70. The van der Waals surface area contributed by atoms with Gasteiger partial charge in [-0.25, -0.2) is 0 Å². The van der Waals surface area contributed by atoms with E-state index >= 15 is 0 Å². The first-order valence-electron chi connectivity index (χ1n) is 23.3. The quantitative estimate of drug-likeness (QED) is 0.230. The highest BCUT2D eigenvalue weighted by Gasteiger charge is 2.64. The van der Waals surface area contributed by atoms with Crippen LogP contribution in [0.15, 0.2) is 0 Å². The van der Waals surface area contributed by atoms with Crippen LogP contribution in [0, 0.1) is 92.7 Å². The van der Waals surface area contributed by atoms with Gasteiger partial charge >= 0.3 is 11.9 Å². The van der Waals surface area contributed by atoms with Gasteiger partial charge in [-0.05, 0) is 208 Å². The fraction of sp³-hybridized carbons (Fsp3) is 0.958. The van der Waals surface area contributed by atoms with Crippen LogP contribution in [-0.4, -0.2) is 34.4 Å². The second kappa shape index (κ2) is 14.4. The summed E-state index contributed by atoms with van der Waals surface area (Å²) in [4.78, 5) is 24.8. The smallest absolute Gasteiger partial charge is 0.306 e. The lowest BCUT2D eigenvalue weighted by Gasteiger charge is -2.62. The number of esters is 1. The summed E-state index contributed by atoms with van der Waals surface area (Å²) < 4.78 is 6.34. The van der Waals surface area contributed by atoms with E-state index in [2.05, 4.69) is 41.5 Å². The molecule has 0 heterocycles. The molecule has 0 aromatic carbocycles. The summed E-state index contributed by atoms with van der Waals surface area (Å²) in [6.07, 6.45) is 25.3. The van der Waals surface area contributed by atoms with Crippen LogP contribution >= 0.6 is 0 Å². The molecule has 8 rings (SSSR count). The van der Waals surface area contributed by atoms with Crippen molar-refractivity contribution in [3.8, 4) is 0 Å². The molecule has 0 aromatic rings. The van der Waals surface area contributed by atoms with Crippen molar-refractivity contribution in [2.45, 2.75) is 195 Å². The Labute approximate surface area is 323 Å². The van der Waals surface area contributed by atoms with Gasteiger partial charge in [0.1, 0.15) is 6.10 Å². The summed E-state index contributed by atoms with van der Waals surface area (Å²) >= 11 is 0. The second-order valence-corrected chi connectivity index (χ2v) is 22.5. The Balaban J connectivity index is 0.840. The van der Waals surface area contributed by atoms with E-state index < -0.39 is 5.97 Å². The third kappa shape index (κ3) is 6.40. The zero-order chi connectivity index (χ0) is 37.5. The Hall–Kier alpha value is -1.10. The van der Waals surface area contributed by atoms with E-state index in [0.29, 0.717) is 58.7 Å². The molecule has 0 aromatic heterocycles. The van der Waals surface area contributed by atoms with Gasteiger partial charge < -0.3 is 14.9 Å². The minimum Gasteiger partial charge on any atom is -0.481 e. The van der Waals surface area contributed by atoms with Crippen molar-refractivity contribution in [3.63, 3.8) is 0 Å². The van der Waals surface area contributed by atoms with E-state index in [1.165, 1.54) is 89.9 Å². The van der Waals surface area contributed by atoms with Gasteiger partial charge in [0.05, 0.1) is 6.10 Å². The molecule has 0 bridgehead atoms. The molecule has 2 N–H and O–H groups in total. The summed E-state index contributed by atoms with van der Waals surface area (Å²) in [5.41, 5.74) is 1.46. The number of aliphatic hydroxyl groups is 1. The Morgan fingerprint density at radius 3 is 1.92 bits per heavy atom. The molecule has 0 saturated heterocycles. The predicted octanol–water partition coefficient (Wildman–Crippen LogP) is 11.5. The lowest BCUT2D eigenvalue weighted by molar-refractivity contribution is -0.183. The zero-order valence-corrected chi connectivity index (χ0v) is 34.8. The molecule has 18 atom stereocenters. The van der Waals surface area contributed by atoms with Crippen LogP contribution in [0.1, 0.15) is 183 Å². The van der Waals surface area contributed by atoms with Crippen molar-refractivity contribution >= 4 is 11.9 Å². The normalized spacial score (nSPS) is 51.4. The largest absolute Gasteiger partial charge is 0.481 e. The fourth-order valence-electron chi connectivity index (χ4n) is 17.9. The van der Waals surface area contributed by atoms with Crippen LogP contribution in [0.5, 0.6) is 0 Å². The third-order valence-electron chi connectivity index (χ3n) is 20.7. The minimum absolute atomic E-state index is 0.000584. The van der Waals surface area contributed by atoms with Crippen LogP contribution in [0.2, 0.25) is 0 Å². The van der Waals surface area contributed by atoms with Crippen LogP contribution in [0.3, 0.4) is 0 Å². The molecule has 5 heteroatoms. The predicted molar refractivity (Wildman–Crippen MR) is 211 cm³/mol. The number of ether oxygens (including phenoxy) is 1. The lowest BCUT2D eigenvalue weighted by Crippen LogP contribution is -2.58. The number of carbonyl (C=O) groups is 2. The molecule has 0 spiro atoms. The molecule has 53 heavy (non-hydrogen) atoms. The molecule has 5 nitrogen and oxygen atoms in total. The summed E-state index contributed by atoms with van der Waals surface area (Å²) in [5, 5.41) is 21.2. The van der Waals surface area contributed by atoms with Crippen LogP contribution in [0.25, 0.3) is 0 Å². The Bertz CT molecular complexity index is 1360. The number of aliphatic carboxylic acids is 1. The maximum atomic E-state index is 13.5. The molecule has 0 amide bonds. The standard InChI is InChI=1S/C48H78O5/c1-29(10-18-42(50)51)36-15-17-39-44-40(22-26-48(36,39)6)46(4)24-20-33(27-32(46)28-41(44)49)53-43(52)19-11-30(2)35-14-16-37-34-13-12-31-9-7-8-23-45(31,3)38(34)21-25-47(35,37)5/h29-41,44,49H,7-28H2,1-6H3,(H,50,51)/t29-,30-,31?,32?,33-,34?,35?,36?,37?,38?,39?,40?,41?,44?,45?,46?,47?,48?/m1/s1. The number of aliphatic hydroxyl groups excluding tert-OH is 1. The van der Waals surface area contributed by atoms with E-state index in [0.717, 1.165) is 68.1 Å². The maximum Gasteiger partial charge on any atom is 0.306 e. The molecule has 300 valence electrons. The number of carbonyl (C=O) groups excluding carboxylic acids is 1. The molecule has 0 radical (unpaired) electrons. The summed E-state index contributed by atoms with van der Waals surface area (Å²) in [6.45, 7) is 15.1. The SMILES string of the molecule is C[C@H](CCC(=O)O[C@@H]1CCC2(C)C(CC(O)C3C2CCC2(C)C3CCC2[C@H](C)CCC(=O)O)C1)C1CCC2C3CCC4CCCCC4(C)C3CCC21C.